The van der Waals surface area contributed by atoms with Crippen molar-refractivity contribution < 1.29 is 5.21 Å². The van der Waals surface area contributed by atoms with E-state index < -0.39 is 0 Å². The number of nitroso groups, excluding NO2 is 1. The molecular formula is C8H7BN2O2. The molecule has 0 aliphatic carbocycles. The molecule has 1 N–H and O–H groups in total. The van der Waals surface area contributed by atoms with Crippen LogP contribution in [0.1, 0.15) is 5.56 Å². The van der Waals surface area contributed by atoms with Gasteiger partial charge in [-0.25, -0.2) is 0 Å². The Labute approximate surface area is 76.7 Å². The summed E-state index contributed by atoms with van der Waals surface area (Å²) in [6.45, 7) is -0.152. The predicted molar refractivity (Wildman–Crippen MR) is 50.8 cm³/mol. The summed E-state index contributed by atoms with van der Waals surface area (Å²) in [5.41, 5.74) is 1.48. The fraction of sp³-hybridized carbons (Fsp3) is 0.125. The second-order valence-corrected chi connectivity index (χ2v) is 2.46. The maximum absolute atomic E-state index is 9.95. The third-order valence-electron chi connectivity index (χ3n) is 1.58. The van der Waals surface area contributed by atoms with Gasteiger partial charge in [0.2, 0.25) is 0 Å². The minimum absolute atomic E-state index is 0.152. The van der Waals surface area contributed by atoms with E-state index in [0.29, 0.717) is 11.0 Å². The van der Waals surface area contributed by atoms with Crippen LogP contribution in [0.4, 0.5) is 0 Å². The van der Waals surface area contributed by atoms with Crippen molar-refractivity contribution in [3.63, 3.8) is 0 Å². The number of hydrogen-bond donors (Lipinski definition) is 1. The Hall–Kier alpha value is -1.65. The molecule has 0 fully saturated rings. The van der Waals surface area contributed by atoms with Crippen LogP contribution in [0.3, 0.4) is 0 Å². The van der Waals surface area contributed by atoms with Gasteiger partial charge < -0.3 is 5.21 Å². The molecule has 1 aromatic rings. The lowest BCUT2D eigenvalue weighted by Crippen LogP contribution is -2.08. The van der Waals surface area contributed by atoms with Gasteiger partial charge in [0.1, 0.15) is 20.1 Å². The van der Waals surface area contributed by atoms with Crippen molar-refractivity contribution in [2.45, 2.75) is 0 Å². The lowest BCUT2D eigenvalue weighted by atomic mass is 9.94. The summed E-state index contributed by atoms with van der Waals surface area (Å²) in [6.07, 6.45) is 0. The molecule has 0 spiro atoms. The first kappa shape index (κ1) is 9.44. The molecule has 0 unspecified atom stereocenters. The molecule has 0 aliphatic rings. The highest BCUT2D eigenvalue weighted by Crippen LogP contribution is 1.99. The summed E-state index contributed by atoms with van der Waals surface area (Å²) >= 11 is 0. The molecule has 0 heterocycles. The van der Waals surface area contributed by atoms with E-state index in [4.69, 9.17) is 13.1 Å². The second kappa shape index (κ2) is 4.40. The summed E-state index contributed by atoms with van der Waals surface area (Å²) < 4.78 is 0. The van der Waals surface area contributed by atoms with Crippen LogP contribution in [-0.2, 0) is 0 Å². The van der Waals surface area contributed by atoms with E-state index in [9.17, 15) is 4.91 Å². The highest BCUT2D eigenvalue weighted by molar-refractivity contribution is 6.32. The van der Waals surface area contributed by atoms with Gasteiger partial charge in [-0.05, 0) is 0 Å². The Bertz CT molecular complexity index is 321. The zero-order chi connectivity index (χ0) is 9.68. The monoisotopic (exact) mass is 174 g/mol. The molecule has 0 amide bonds. The highest BCUT2D eigenvalue weighted by atomic mass is 16.4. The third kappa shape index (κ3) is 2.40. The van der Waals surface area contributed by atoms with Gasteiger partial charge >= 0.3 is 0 Å². The van der Waals surface area contributed by atoms with E-state index in [2.05, 4.69) is 10.3 Å². The van der Waals surface area contributed by atoms with E-state index in [1.54, 1.807) is 24.3 Å². The van der Waals surface area contributed by atoms with E-state index in [0.717, 1.165) is 0 Å². The Morgan fingerprint density at radius 3 is 2.46 bits per heavy atom. The van der Waals surface area contributed by atoms with Crippen LogP contribution in [0.25, 0.3) is 0 Å². The normalized spacial score (nSPS) is 11.2. The van der Waals surface area contributed by atoms with E-state index >= 15 is 0 Å². The van der Waals surface area contributed by atoms with Gasteiger partial charge in [-0.1, -0.05) is 40.1 Å². The smallest absolute Gasteiger partial charge is 0.127 e. The standard InChI is InChI=1S/C8H7BN2O2/c9-7-3-1-6(2-4-7)8(11-13)5-10-12/h1-4,13H,5H2/b11-8+. The summed E-state index contributed by atoms with van der Waals surface area (Å²) in [5, 5.41) is 14.1. The molecule has 64 valence electrons. The Balaban J connectivity index is 2.92. The predicted octanol–water partition coefficient (Wildman–Crippen LogP) is 0.425. The van der Waals surface area contributed by atoms with Crippen molar-refractivity contribution in [2.24, 2.45) is 10.3 Å². The van der Waals surface area contributed by atoms with E-state index in [1.807, 2.05) is 0 Å². The number of benzene rings is 1. The number of rotatable bonds is 3. The molecule has 0 saturated heterocycles. The van der Waals surface area contributed by atoms with Crippen LogP contribution >= 0.6 is 0 Å². The van der Waals surface area contributed by atoms with E-state index in [-0.39, 0.29) is 12.3 Å². The van der Waals surface area contributed by atoms with Crippen molar-refractivity contribution in [1.82, 2.24) is 0 Å². The minimum Gasteiger partial charge on any atom is -0.411 e. The third-order valence-corrected chi connectivity index (χ3v) is 1.58. The zero-order valence-corrected chi connectivity index (χ0v) is 6.84. The molecule has 0 atom stereocenters. The molecule has 13 heavy (non-hydrogen) atoms. The lowest BCUT2D eigenvalue weighted by Gasteiger charge is -1.99. The maximum atomic E-state index is 9.95. The van der Waals surface area contributed by atoms with Gasteiger partial charge in [-0.3, -0.25) is 0 Å². The van der Waals surface area contributed by atoms with Crippen molar-refractivity contribution in [3.8, 4) is 0 Å². The molecule has 4 nitrogen and oxygen atoms in total. The average molecular weight is 174 g/mol. The fourth-order valence-corrected chi connectivity index (χ4v) is 0.917. The van der Waals surface area contributed by atoms with Crippen LogP contribution in [0.15, 0.2) is 34.6 Å². The quantitative estimate of drug-likeness (QED) is 0.237. The van der Waals surface area contributed by atoms with Crippen molar-refractivity contribution >= 4 is 19.0 Å². The molecule has 1 rings (SSSR count). The Kier molecular flexibility index (Phi) is 3.19. The first-order valence-electron chi connectivity index (χ1n) is 3.64. The summed E-state index contributed by atoms with van der Waals surface area (Å²) in [7, 11) is 5.45. The van der Waals surface area contributed by atoms with Crippen molar-refractivity contribution in [1.29, 1.82) is 0 Å². The summed E-state index contributed by atoms with van der Waals surface area (Å²) in [5.74, 6) is 0. The second-order valence-electron chi connectivity index (χ2n) is 2.46. The van der Waals surface area contributed by atoms with E-state index in [1.165, 1.54) is 0 Å². The van der Waals surface area contributed by atoms with Gasteiger partial charge in [-0.15, -0.1) is 0 Å². The molecule has 2 radical (unpaired) electrons. The van der Waals surface area contributed by atoms with Crippen LogP contribution in [0, 0.1) is 4.91 Å². The number of nitrogens with zero attached hydrogens (tertiary/aromatic N) is 2. The van der Waals surface area contributed by atoms with Crippen molar-refractivity contribution in [3.05, 3.63) is 34.7 Å². The topological polar surface area (TPSA) is 62.0 Å². The van der Waals surface area contributed by atoms with Crippen LogP contribution < -0.4 is 5.46 Å². The molecule has 5 heteroatoms. The fourth-order valence-electron chi connectivity index (χ4n) is 0.917. The van der Waals surface area contributed by atoms with Crippen molar-refractivity contribution in [2.75, 3.05) is 6.54 Å². The zero-order valence-electron chi connectivity index (χ0n) is 6.84. The highest BCUT2D eigenvalue weighted by Gasteiger charge is 2.02. The van der Waals surface area contributed by atoms with Gasteiger partial charge in [0.15, 0.2) is 0 Å². The lowest BCUT2D eigenvalue weighted by molar-refractivity contribution is 0.318. The first-order valence-corrected chi connectivity index (χ1v) is 3.64. The molecule has 0 saturated carbocycles. The molecule has 1 aromatic carbocycles. The van der Waals surface area contributed by atoms with Gasteiger partial charge in [0.25, 0.3) is 0 Å². The largest absolute Gasteiger partial charge is 0.411 e. The minimum atomic E-state index is -0.152. The Morgan fingerprint density at radius 2 is 2.00 bits per heavy atom. The molecule has 0 bridgehead atoms. The first-order chi connectivity index (χ1) is 6.27. The Morgan fingerprint density at radius 1 is 1.38 bits per heavy atom. The molecule has 0 aromatic heterocycles. The SMILES string of the molecule is [B]c1ccc(/C(CN=O)=N/O)cc1. The summed E-state index contributed by atoms with van der Waals surface area (Å²) in [6, 6.07) is 6.64. The number of oxime groups is 1. The number of hydrogen-bond acceptors (Lipinski definition) is 4. The average Bonchev–Trinajstić information content (AvgIpc) is 2.16. The molecule has 0 aliphatic heterocycles. The van der Waals surface area contributed by atoms with Gasteiger partial charge in [0.05, 0.1) is 0 Å². The molecular weight excluding hydrogens is 167 g/mol. The van der Waals surface area contributed by atoms with Crippen LogP contribution in [0.5, 0.6) is 0 Å². The van der Waals surface area contributed by atoms with Crippen LogP contribution in [0.2, 0.25) is 0 Å². The van der Waals surface area contributed by atoms with Gasteiger partial charge in [0, 0.05) is 5.56 Å². The van der Waals surface area contributed by atoms with Gasteiger partial charge in [-0.2, -0.15) is 4.91 Å². The summed E-state index contributed by atoms with van der Waals surface area (Å²) in [4.78, 5) is 9.95. The maximum Gasteiger partial charge on any atom is 0.127 e. The van der Waals surface area contributed by atoms with Crippen LogP contribution in [-0.4, -0.2) is 25.3 Å².